The van der Waals surface area contributed by atoms with Crippen molar-refractivity contribution in [3.05, 3.63) is 0 Å². The van der Waals surface area contributed by atoms with Crippen LogP contribution in [0.3, 0.4) is 0 Å². The summed E-state index contributed by atoms with van der Waals surface area (Å²) in [6, 6.07) is -0.363. The Hall–Kier alpha value is -0.320. The van der Waals surface area contributed by atoms with Crippen LogP contribution in [0.15, 0.2) is 0 Å². The van der Waals surface area contributed by atoms with Crippen LogP contribution in [-0.4, -0.2) is 41.1 Å². The smallest absolute Gasteiger partial charge is 0.244 e. The van der Waals surface area contributed by atoms with Crippen LogP contribution in [-0.2, 0) is 9.59 Å². The molecule has 2 N–H and O–H groups in total. The third-order valence-electron chi connectivity index (χ3n) is 1.55. The fourth-order valence-electron chi connectivity index (χ4n) is 0.865. The largest absolute Gasteiger partial charge is 0.328 e. The van der Waals surface area contributed by atoms with E-state index < -0.39 is 11.8 Å². The van der Waals surface area contributed by atoms with Crippen molar-refractivity contribution < 1.29 is 9.59 Å². The van der Waals surface area contributed by atoms with Gasteiger partial charge in [-0.2, -0.15) is 0 Å². The molecule has 1 atom stereocenters. The van der Waals surface area contributed by atoms with E-state index in [9.17, 15) is 9.59 Å². The van der Waals surface area contributed by atoms with Crippen molar-refractivity contribution in [1.29, 1.82) is 0 Å². The van der Waals surface area contributed by atoms with Crippen molar-refractivity contribution in [2.45, 2.75) is 13.0 Å². The van der Waals surface area contributed by atoms with Gasteiger partial charge in [-0.15, -0.1) is 23.2 Å². The van der Waals surface area contributed by atoms with Crippen LogP contribution < -0.4 is 5.73 Å². The zero-order valence-corrected chi connectivity index (χ0v) is 8.81. The summed E-state index contributed by atoms with van der Waals surface area (Å²) in [5, 5.41) is 0. The Kier molecular flexibility index (Phi) is 6.03. The van der Waals surface area contributed by atoms with Gasteiger partial charge in [0.05, 0.1) is 0 Å². The molecule has 13 heavy (non-hydrogen) atoms. The Balaban J connectivity index is 4.54. The zero-order valence-electron chi connectivity index (χ0n) is 7.30. The minimum atomic E-state index is -0.467. The third-order valence-corrected chi connectivity index (χ3v) is 2.01. The molecule has 4 nitrogen and oxygen atoms in total. The molecule has 0 aromatic carbocycles. The Morgan fingerprint density at radius 2 is 1.69 bits per heavy atom. The molecule has 0 aliphatic heterocycles. The Labute approximate surface area is 87.0 Å². The summed E-state index contributed by atoms with van der Waals surface area (Å²) in [6.07, 6.45) is 0. The van der Waals surface area contributed by atoms with Gasteiger partial charge in [-0.05, 0) is 6.92 Å². The van der Waals surface area contributed by atoms with E-state index in [2.05, 4.69) is 0 Å². The highest BCUT2D eigenvalue weighted by molar-refractivity contribution is 6.31. The maximum Gasteiger partial charge on any atom is 0.244 e. The first kappa shape index (κ1) is 12.7. The molecular weight excluding hydrogens is 215 g/mol. The SMILES string of the molecule is CC(CN)N(C(=O)CCl)C(=O)CCl. The number of amides is 2. The molecule has 0 saturated carbocycles. The summed E-state index contributed by atoms with van der Waals surface area (Å²) in [5.74, 6) is -1.42. The predicted molar refractivity (Wildman–Crippen MR) is 51.8 cm³/mol. The zero-order chi connectivity index (χ0) is 10.4. The summed E-state index contributed by atoms with van der Waals surface area (Å²) >= 11 is 10.6. The fraction of sp³-hybridized carbons (Fsp3) is 0.714. The molecule has 0 saturated heterocycles. The van der Waals surface area contributed by atoms with Crippen LogP contribution in [0.2, 0.25) is 0 Å². The second-order valence-corrected chi connectivity index (χ2v) is 3.04. The van der Waals surface area contributed by atoms with Crippen LogP contribution in [0.4, 0.5) is 0 Å². The van der Waals surface area contributed by atoms with E-state index in [1.54, 1.807) is 6.92 Å². The molecule has 2 amide bonds. The Bertz CT molecular complexity index is 183. The molecule has 0 aliphatic carbocycles. The number of hydrogen-bond donors (Lipinski definition) is 1. The van der Waals surface area contributed by atoms with Gasteiger partial charge in [0.15, 0.2) is 0 Å². The van der Waals surface area contributed by atoms with Gasteiger partial charge in [-0.3, -0.25) is 14.5 Å². The highest BCUT2D eigenvalue weighted by Crippen LogP contribution is 2.02. The Morgan fingerprint density at radius 1 is 1.31 bits per heavy atom. The number of hydrogen-bond acceptors (Lipinski definition) is 3. The number of nitrogens with two attached hydrogens (primary N) is 1. The summed E-state index contributed by atoms with van der Waals surface area (Å²) in [7, 11) is 0. The number of imide groups is 1. The number of carbonyl (C=O) groups excluding carboxylic acids is 2. The van der Waals surface area contributed by atoms with Crippen LogP contribution in [0.5, 0.6) is 0 Å². The van der Waals surface area contributed by atoms with Crippen molar-refractivity contribution in [2.24, 2.45) is 5.73 Å². The third kappa shape index (κ3) is 3.50. The molecule has 0 aromatic heterocycles. The van der Waals surface area contributed by atoms with Crippen molar-refractivity contribution in [3.63, 3.8) is 0 Å². The highest BCUT2D eigenvalue weighted by atomic mass is 35.5. The lowest BCUT2D eigenvalue weighted by Crippen LogP contribution is -2.47. The van der Waals surface area contributed by atoms with Crippen LogP contribution in [0.1, 0.15) is 6.92 Å². The number of rotatable bonds is 4. The maximum absolute atomic E-state index is 11.2. The molecule has 1 unspecified atom stereocenters. The summed E-state index contributed by atoms with van der Waals surface area (Å²) in [5.41, 5.74) is 5.33. The fourth-order valence-corrected chi connectivity index (χ4v) is 1.12. The van der Waals surface area contributed by atoms with Gasteiger partial charge in [0.2, 0.25) is 11.8 Å². The number of carbonyl (C=O) groups is 2. The van der Waals surface area contributed by atoms with Crippen molar-refractivity contribution >= 4 is 35.0 Å². The molecule has 0 rings (SSSR count). The highest BCUT2D eigenvalue weighted by Gasteiger charge is 2.24. The van der Waals surface area contributed by atoms with Crippen LogP contribution in [0.25, 0.3) is 0 Å². The maximum atomic E-state index is 11.2. The second kappa shape index (κ2) is 6.18. The van der Waals surface area contributed by atoms with Gasteiger partial charge < -0.3 is 5.73 Å². The molecular formula is C7H12Cl2N2O2. The van der Waals surface area contributed by atoms with Gasteiger partial charge in [0.1, 0.15) is 11.8 Å². The minimum Gasteiger partial charge on any atom is -0.328 e. The molecule has 76 valence electrons. The standard InChI is InChI=1S/C7H12Cl2N2O2/c1-5(4-10)11(6(12)2-8)7(13)3-9/h5H,2-4,10H2,1H3. The Morgan fingerprint density at radius 3 is 1.92 bits per heavy atom. The van der Waals surface area contributed by atoms with Crippen LogP contribution >= 0.6 is 23.2 Å². The first-order valence-corrected chi connectivity index (χ1v) is 4.82. The van der Waals surface area contributed by atoms with E-state index >= 15 is 0 Å². The minimum absolute atomic E-state index is 0.200. The molecule has 0 aromatic rings. The number of nitrogens with zero attached hydrogens (tertiary/aromatic N) is 1. The average molecular weight is 227 g/mol. The van der Waals surface area contributed by atoms with Crippen molar-refractivity contribution in [1.82, 2.24) is 4.90 Å². The normalized spacial score (nSPS) is 12.3. The van der Waals surface area contributed by atoms with Gasteiger partial charge in [0.25, 0.3) is 0 Å². The first-order chi connectivity index (χ1) is 6.08. The van der Waals surface area contributed by atoms with E-state index in [-0.39, 0.29) is 24.3 Å². The van der Waals surface area contributed by atoms with E-state index in [0.29, 0.717) is 0 Å². The van der Waals surface area contributed by atoms with E-state index in [4.69, 9.17) is 28.9 Å². The van der Waals surface area contributed by atoms with Gasteiger partial charge in [-0.25, -0.2) is 0 Å². The van der Waals surface area contributed by atoms with E-state index in [1.165, 1.54) is 0 Å². The second-order valence-electron chi connectivity index (χ2n) is 2.51. The molecule has 0 spiro atoms. The lowest BCUT2D eigenvalue weighted by atomic mass is 10.3. The van der Waals surface area contributed by atoms with Crippen LogP contribution in [0, 0.1) is 0 Å². The number of alkyl halides is 2. The molecule has 0 bridgehead atoms. The molecule has 0 aliphatic rings. The van der Waals surface area contributed by atoms with Gasteiger partial charge in [-0.1, -0.05) is 0 Å². The van der Waals surface area contributed by atoms with Crippen molar-refractivity contribution in [3.8, 4) is 0 Å². The van der Waals surface area contributed by atoms with Gasteiger partial charge >= 0.3 is 0 Å². The monoisotopic (exact) mass is 226 g/mol. The molecule has 6 heteroatoms. The number of halogens is 2. The topological polar surface area (TPSA) is 63.4 Å². The summed E-state index contributed by atoms with van der Waals surface area (Å²) in [6.45, 7) is 1.86. The average Bonchev–Trinajstić information content (AvgIpc) is 2.16. The lowest BCUT2D eigenvalue weighted by molar-refractivity contribution is -0.143. The van der Waals surface area contributed by atoms with E-state index in [0.717, 1.165) is 4.90 Å². The summed E-state index contributed by atoms with van der Waals surface area (Å²) in [4.78, 5) is 23.3. The quantitative estimate of drug-likeness (QED) is 0.696. The molecule has 0 heterocycles. The lowest BCUT2D eigenvalue weighted by Gasteiger charge is -2.24. The summed E-state index contributed by atoms with van der Waals surface area (Å²) < 4.78 is 0. The first-order valence-electron chi connectivity index (χ1n) is 3.75. The molecule has 0 fully saturated rings. The predicted octanol–water partition coefficient (Wildman–Crippen LogP) is 0.166. The van der Waals surface area contributed by atoms with E-state index in [1.807, 2.05) is 0 Å². The van der Waals surface area contributed by atoms with Crippen molar-refractivity contribution in [2.75, 3.05) is 18.3 Å². The van der Waals surface area contributed by atoms with Gasteiger partial charge in [0, 0.05) is 12.6 Å². The molecule has 0 radical (unpaired) electrons.